The van der Waals surface area contributed by atoms with Gasteiger partial charge in [-0.25, -0.2) is 0 Å². The lowest BCUT2D eigenvalue weighted by Gasteiger charge is -2.28. The number of rotatable bonds is 9. The molecule has 0 bridgehead atoms. The molecule has 0 saturated carbocycles. The molecule has 0 radical (unpaired) electrons. The van der Waals surface area contributed by atoms with Crippen LogP contribution in [0, 0.1) is 11.8 Å². The molecule has 6 nitrogen and oxygen atoms in total. The maximum atomic E-state index is 12.3. The summed E-state index contributed by atoms with van der Waals surface area (Å²) in [6, 6.07) is 120. The van der Waals surface area contributed by atoms with Crippen LogP contribution in [0.5, 0.6) is 0 Å². The Balaban J connectivity index is 0.000000118. The lowest BCUT2D eigenvalue weighted by atomic mass is 9.72. The minimum atomic E-state index is -1.43. The SMILES string of the molecule is Brc1ccc2c(-c3ccc4ccccc4c3)c3ccccc3c(-c3ccc4ccccc4c3)c2c1.Brc1cccc(-c2ccc(-c3ccccc3)s2)c1.Brc1cccc(Br)c1.O=C1c2ccccc2C(=O)C2C=C(Br)C=CC12.OB(O)c1ccc(-c2ccccc2)s1.OB(O)c1cccc(-c2ccc(-c3ccccc3)s2)c1. The molecule has 16 heteroatoms. The number of Topliss-reactive ketones (excluding diaryl/α,β-unsaturated/α-hetero) is 2. The van der Waals surface area contributed by atoms with Crippen LogP contribution in [0.2, 0.25) is 0 Å². The number of carbonyl (C=O) groups excluding carboxylic acids is 2. The molecule has 19 rings (SSSR count). The average Bonchev–Trinajstić information content (AvgIpc) is 0.774. The summed E-state index contributed by atoms with van der Waals surface area (Å²) < 4.78 is 5.85. The highest BCUT2D eigenvalue weighted by Crippen LogP contribution is 2.46. The van der Waals surface area contributed by atoms with Crippen molar-refractivity contribution in [3.8, 4) is 74.5 Å². The molecule has 2 aliphatic carbocycles. The summed E-state index contributed by atoms with van der Waals surface area (Å²) in [5.74, 6) is -0.611. The number of hydrogen-bond donors (Lipinski definition) is 4. The lowest BCUT2D eigenvalue weighted by Crippen LogP contribution is -2.35. The van der Waals surface area contributed by atoms with E-state index in [1.807, 2.05) is 133 Å². The number of ketones is 2. The van der Waals surface area contributed by atoms with Crippen molar-refractivity contribution >= 4 is 193 Å². The fourth-order valence-electron chi connectivity index (χ4n) is 13.6. The zero-order chi connectivity index (χ0) is 77.6. The largest absolute Gasteiger partial charge is 0.499 e. The van der Waals surface area contributed by atoms with Gasteiger partial charge in [-0.05, 0) is 184 Å². The van der Waals surface area contributed by atoms with E-state index in [1.165, 1.54) is 108 Å². The molecule has 0 saturated heterocycles. The molecular weight excluding hydrogens is 1770 g/mol. The lowest BCUT2D eigenvalue weighted by molar-refractivity contribution is 0.0801. The molecule has 17 aromatic rings. The highest BCUT2D eigenvalue weighted by atomic mass is 79.9. The maximum absolute atomic E-state index is 12.3. The fraction of sp³-hybridized carbons (Fsp3) is 0.0208. The van der Waals surface area contributed by atoms with E-state index in [-0.39, 0.29) is 23.4 Å². The molecule has 4 N–H and O–H groups in total. The van der Waals surface area contributed by atoms with Gasteiger partial charge in [0.1, 0.15) is 0 Å². The van der Waals surface area contributed by atoms with E-state index in [2.05, 4.69) is 292 Å². The van der Waals surface area contributed by atoms with Gasteiger partial charge in [-0.3, -0.25) is 9.59 Å². The van der Waals surface area contributed by atoms with Crippen molar-refractivity contribution in [3.05, 3.63) is 404 Å². The number of halogens is 5. The Kier molecular flexibility index (Phi) is 26.4. The summed E-state index contributed by atoms with van der Waals surface area (Å²) in [4.78, 5) is 30.5. The summed E-state index contributed by atoms with van der Waals surface area (Å²) in [5.41, 5.74) is 12.5. The van der Waals surface area contributed by atoms with Crippen molar-refractivity contribution in [1.82, 2.24) is 0 Å². The summed E-state index contributed by atoms with van der Waals surface area (Å²) in [6.45, 7) is 0. The van der Waals surface area contributed by atoms with Crippen LogP contribution < -0.4 is 10.2 Å². The number of carbonyl (C=O) groups is 2. The summed E-state index contributed by atoms with van der Waals surface area (Å²) in [6.07, 6.45) is 5.46. The predicted octanol–water partition coefficient (Wildman–Crippen LogP) is 26.5. The van der Waals surface area contributed by atoms with Gasteiger partial charge in [0.2, 0.25) is 0 Å². The van der Waals surface area contributed by atoms with Crippen LogP contribution in [0.3, 0.4) is 0 Å². The number of allylic oxidation sites excluding steroid dienone is 4. The highest BCUT2D eigenvalue weighted by molar-refractivity contribution is 9.12. The Hall–Kier alpha value is -9.59. The molecule has 3 aromatic heterocycles. The third-order valence-electron chi connectivity index (χ3n) is 18.9. The first-order chi connectivity index (χ1) is 54.6. The normalized spacial score (nSPS) is 13.1. The van der Waals surface area contributed by atoms with Gasteiger partial charge in [0.25, 0.3) is 0 Å². The number of fused-ring (bicyclic) bond motifs is 6. The van der Waals surface area contributed by atoms with E-state index < -0.39 is 14.2 Å². The van der Waals surface area contributed by atoms with Crippen molar-refractivity contribution < 1.29 is 29.7 Å². The van der Waals surface area contributed by atoms with Crippen LogP contribution in [0.15, 0.2) is 392 Å². The van der Waals surface area contributed by atoms with Crippen molar-refractivity contribution in [1.29, 1.82) is 0 Å². The van der Waals surface area contributed by atoms with E-state index in [1.54, 1.807) is 47.7 Å². The smallest absolute Gasteiger partial charge is 0.423 e. The molecule has 14 aromatic carbocycles. The van der Waals surface area contributed by atoms with Crippen molar-refractivity contribution in [2.45, 2.75) is 0 Å². The summed E-state index contributed by atoms with van der Waals surface area (Å²) >= 11 is 22.2. The molecular formula is C96H67B2Br5O6S3. The molecule has 2 unspecified atom stereocenters. The van der Waals surface area contributed by atoms with Gasteiger partial charge in [0.15, 0.2) is 11.6 Å². The Labute approximate surface area is 705 Å². The van der Waals surface area contributed by atoms with Crippen LogP contribution in [0.1, 0.15) is 20.7 Å². The number of thiophene rings is 3. The number of benzene rings is 14. The van der Waals surface area contributed by atoms with Gasteiger partial charge < -0.3 is 20.1 Å². The third-order valence-corrected chi connectivity index (χ3v) is 25.0. The molecule has 112 heavy (non-hydrogen) atoms. The fourth-order valence-corrected chi connectivity index (χ4v) is 18.8. The molecule has 0 fully saturated rings. The van der Waals surface area contributed by atoms with Crippen molar-refractivity contribution in [2.24, 2.45) is 11.8 Å². The average molecular weight is 1830 g/mol. The van der Waals surface area contributed by atoms with Gasteiger partial charge in [0, 0.05) is 62.7 Å². The minimum absolute atomic E-state index is 0.0338. The second-order valence-corrected chi connectivity index (χ2v) is 34.2. The zero-order valence-corrected chi connectivity index (χ0v) is 70.1. The third kappa shape index (κ3) is 19.2. The molecule has 0 amide bonds. The predicted molar refractivity (Wildman–Crippen MR) is 493 cm³/mol. The number of hydrogen-bond acceptors (Lipinski definition) is 9. The molecule has 2 atom stereocenters. The van der Waals surface area contributed by atoms with E-state index in [0.29, 0.717) is 21.4 Å². The Bertz CT molecular complexity index is 6250. The van der Waals surface area contributed by atoms with Crippen LogP contribution in [-0.4, -0.2) is 45.9 Å². The van der Waals surface area contributed by atoms with E-state index in [9.17, 15) is 19.6 Å². The minimum Gasteiger partial charge on any atom is -0.423 e. The van der Waals surface area contributed by atoms with E-state index >= 15 is 0 Å². The first-order valence-corrected chi connectivity index (χ1v) is 42.3. The van der Waals surface area contributed by atoms with Crippen LogP contribution in [0.25, 0.3) is 118 Å². The van der Waals surface area contributed by atoms with Crippen LogP contribution in [-0.2, 0) is 0 Å². The molecule has 0 aliphatic heterocycles. The second-order valence-electron chi connectivity index (χ2n) is 26.3. The summed E-state index contributed by atoms with van der Waals surface area (Å²) in [5, 5.41) is 46.5. The highest BCUT2D eigenvalue weighted by Gasteiger charge is 2.40. The zero-order valence-electron chi connectivity index (χ0n) is 59.7. The maximum Gasteiger partial charge on any atom is 0.499 e. The van der Waals surface area contributed by atoms with Crippen molar-refractivity contribution in [3.63, 3.8) is 0 Å². The van der Waals surface area contributed by atoms with Crippen LogP contribution in [0.4, 0.5) is 0 Å². The molecule has 3 heterocycles. The first-order valence-electron chi connectivity index (χ1n) is 35.9. The van der Waals surface area contributed by atoms with Crippen LogP contribution >= 0.6 is 114 Å². The van der Waals surface area contributed by atoms with E-state index in [0.717, 1.165) is 43.3 Å². The second kappa shape index (κ2) is 37.4. The Morgan fingerprint density at radius 1 is 0.277 bits per heavy atom. The van der Waals surface area contributed by atoms with Gasteiger partial charge in [-0.15, -0.1) is 34.0 Å². The standard InChI is InChI=1S/C34H21Br.C16H13BO2S.C16H11BrS.C14H9BrO2.C10H9BO2S.C6H4Br2/c35-28-17-18-31-32(21-28)34(27-16-14-23-8-2-4-10-25(23)20-27)30-12-6-5-11-29(30)33(31)26-15-13-22-7-1-3-9-24(22)19-26;18-17(19)14-8-4-7-13(11-14)16-10-9-15(20-16)12-5-2-1-3-6-12;17-14-8-4-7-13(11-14)16-10-9-15(18-16)12-5-2-1-3-6-12;15-8-5-6-11-12(7-8)14(17)10-4-2-1-3-9(10)13(11)16;12-11(13)10-7-6-9(14-10)8-4-2-1-3-5-8;7-5-2-1-3-6(8)4-5/h1-21H;1-11,18-19H;1-11H;1-7,11-12H;1-7,12-13H;1-4H. The first kappa shape index (κ1) is 79.1. The van der Waals surface area contributed by atoms with Gasteiger partial charge in [-0.1, -0.05) is 365 Å². The van der Waals surface area contributed by atoms with E-state index in [4.69, 9.17) is 10.0 Å². The quantitative estimate of drug-likeness (QED) is 0.0845. The van der Waals surface area contributed by atoms with Crippen molar-refractivity contribution in [2.75, 3.05) is 0 Å². The molecule has 546 valence electrons. The summed E-state index contributed by atoms with van der Waals surface area (Å²) in [7, 11) is -2.79. The Morgan fingerprint density at radius 2 is 0.670 bits per heavy atom. The molecule has 0 spiro atoms. The monoisotopic (exact) mass is 1830 g/mol. The topological polar surface area (TPSA) is 115 Å². The van der Waals surface area contributed by atoms with Gasteiger partial charge >= 0.3 is 14.2 Å². The van der Waals surface area contributed by atoms with Gasteiger partial charge in [0.05, 0.1) is 11.8 Å². The Morgan fingerprint density at radius 3 is 1.15 bits per heavy atom. The van der Waals surface area contributed by atoms with Gasteiger partial charge in [-0.2, -0.15) is 0 Å². The molecule has 2 aliphatic rings.